The van der Waals surface area contributed by atoms with Gasteiger partial charge in [-0.05, 0) is 48.5 Å². The second-order valence-electron chi connectivity index (χ2n) is 7.96. The number of ether oxygens (including phenoxy) is 1. The van der Waals surface area contributed by atoms with E-state index < -0.39 is 20.9 Å². The number of amides is 1. The molecule has 0 radical (unpaired) electrons. The molecule has 1 saturated heterocycles. The standard InChI is InChI=1S/C24H23ClN4O6S/c1-35-23-5-3-2-4-21(23)27-12-14-28(15-13-27)36(33,34)19-9-7-18(8-10-19)26-24(30)17-6-11-20(25)22(16-17)29(31)32/h2-11,16H,12-15H2,1H3,(H,26,30). The maximum absolute atomic E-state index is 13.2. The topological polar surface area (TPSA) is 122 Å². The summed E-state index contributed by atoms with van der Waals surface area (Å²) in [6, 6.07) is 17.1. The maximum atomic E-state index is 13.2. The molecule has 0 aliphatic carbocycles. The van der Waals surface area contributed by atoms with Crippen molar-refractivity contribution >= 4 is 44.6 Å². The number of carbonyl (C=O) groups is 1. The number of nitrogens with zero attached hydrogens (tertiary/aromatic N) is 3. The van der Waals surface area contributed by atoms with Gasteiger partial charge in [0.15, 0.2) is 0 Å². The van der Waals surface area contributed by atoms with E-state index in [9.17, 15) is 23.3 Å². The number of nitro benzene ring substituents is 1. The number of piperazine rings is 1. The summed E-state index contributed by atoms with van der Waals surface area (Å²) in [5.41, 5.74) is 0.938. The second-order valence-corrected chi connectivity index (χ2v) is 10.3. The Morgan fingerprint density at radius 1 is 1.03 bits per heavy atom. The molecule has 1 aliphatic rings. The van der Waals surface area contributed by atoms with Gasteiger partial charge in [0, 0.05) is 43.5 Å². The summed E-state index contributed by atoms with van der Waals surface area (Å²) in [6.45, 7) is 1.66. The molecule has 1 N–H and O–H groups in total. The van der Waals surface area contributed by atoms with Gasteiger partial charge < -0.3 is 15.0 Å². The van der Waals surface area contributed by atoms with Gasteiger partial charge in [-0.2, -0.15) is 4.31 Å². The van der Waals surface area contributed by atoms with Crippen molar-refractivity contribution in [2.45, 2.75) is 4.90 Å². The number of halogens is 1. The van der Waals surface area contributed by atoms with Crippen molar-refractivity contribution in [3.8, 4) is 5.75 Å². The lowest BCUT2D eigenvalue weighted by atomic mass is 10.2. The molecule has 0 unspecified atom stereocenters. The molecule has 188 valence electrons. The average Bonchev–Trinajstić information content (AvgIpc) is 2.89. The molecule has 3 aromatic carbocycles. The Balaban J connectivity index is 1.42. The molecule has 0 aromatic heterocycles. The van der Waals surface area contributed by atoms with Gasteiger partial charge in [-0.3, -0.25) is 14.9 Å². The second kappa shape index (κ2) is 10.5. The monoisotopic (exact) mass is 530 g/mol. The van der Waals surface area contributed by atoms with Crippen molar-refractivity contribution in [3.05, 3.63) is 87.4 Å². The SMILES string of the molecule is COc1ccccc1N1CCN(S(=O)(=O)c2ccc(NC(=O)c3ccc(Cl)c([N+](=O)[O-])c3)cc2)CC1. The number of para-hydroxylation sites is 2. The van der Waals surface area contributed by atoms with Gasteiger partial charge in [0.2, 0.25) is 10.0 Å². The molecule has 1 aliphatic heterocycles. The number of hydrogen-bond donors (Lipinski definition) is 1. The van der Waals surface area contributed by atoms with E-state index in [1.54, 1.807) is 7.11 Å². The lowest BCUT2D eigenvalue weighted by Gasteiger charge is -2.35. The van der Waals surface area contributed by atoms with Gasteiger partial charge in [-0.25, -0.2) is 8.42 Å². The molecular formula is C24H23ClN4O6S. The molecule has 0 bridgehead atoms. The fourth-order valence-electron chi connectivity index (χ4n) is 3.92. The van der Waals surface area contributed by atoms with E-state index in [-0.39, 0.29) is 21.2 Å². The van der Waals surface area contributed by atoms with Crippen molar-refractivity contribution < 1.29 is 22.9 Å². The minimum atomic E-state index is -3.73. The maximum Gasteiger partial charge on any atom is 0.288 e. The highest BCUT2D eigenvalue weighted by Gasteiger charge is 2.29. The predicted octanol–water partition coefficient (Wildman–Crippen LogP) is 4.02. The number of nitro groups is 1. The summed E-state index contributed by atoms with van der Waals surface area (Å²) >= 11 is 5.79. The largest absolute Gasteiger partial charge is 0.495 e. The molecule has 1 heterocycles. The number of rotatable bonds is 7. The van der Waals surface area contributed by atoms with E-state index in [2.05, 4.69) is 10.2 Å². The number of anilines is 2. The third-order valence-electron chi connectivity index (χ3n) is 5.82. The van der Waals surface area contributed by atoms with Crippen molar-refractivity contribution in [2.75, 3.05) is 43.5 Å². The molecule has 0 atom stereocenters. The zero-order valence-electron chi connectivity index (χ0n) is 19.3. The van der Waals surface area contributed by atoms with E-state index in [0.717, 1.165) is 17.5 Å². The minimum Gasteiger partial charge on any atom is -0.495 e. The first-order valence-corrected chi connectivity index (χ1v) is 12.8. The van der Waals surface area contributed by atoms with Gasteiger partial charge in [-0.1, -0.05) is 23.7 Å². The quantitative estimate of drug-likeness (QED) is 0.361. The van der Waals surface area contributed by atoms with Crippen LogP contribution in [0.2, 0.25) is 5.02 Å². The fourth-order valence-corrected chi connectivity index (χ4v) is 5.53. The third-order valence-corrected chi connectivity index (χ3v) is 8.05. The summed E-state index contributed by atoms with van der Waals surface area (Å²) < 4.78 is 33.2. The Labute approximate surface area is 213 Å². The highest BCUT2D eigenvalue weighted by atomic mass is 35.5. The number of carbonyl (C=O) groups excluding carboxylic acids is 1. The van der Waals surface area contributed by atoms with Crippen LogP contribution >= 0.6 is 11.6 Å². The van der Waals surface area contributed by atoms with Crippen molar-refractivity contribution in [1.29, 1.82) is 0 Å². The fraction of sp³-hybridized carbons (Fsp3) is 0.208. The highest BCUT2D eigenvalue weighted by Crippen LogP contribution is 2.30. The summed E-state index contributed by atoms with van der Waals surface area (Å²) in [5.74, 6) is 0.150. The Morgan fingerprint density at radius 3 is 2.33 bits per heavy atom. The third kappa shape index (κ3) is 5.27. The van der Waals surface area contributed by atoms with E-state index in [1.807, 2.05) is 24.3 Å². The van der Waals surface area contributed by atoms with Gasteiger partial charge in [0.1, 0.15) is 10.8 Å². The van der Waals surface area contributed by atoms with Crippen LogP contribution in [0.15, 0.2) is 71.6 Å². The zero-order chi connectivity index (χ0) is 25.9. The summed E-state index contributed by atoms with van der Waals surface area (Å²) in [5, 5.41) is 13.6. The Hall–Kier alpha value is -3.67. The number of nitrogens with one attached hydrogen (secondary N) is 1. The lowest BCUT2D eigenvalue weighted by molar-refractivity contribution is -0.384. The molecule has 3 aromatic rings. The summed E-state index contributed by atoms with van der Waals surface area (Å²) in [7, 11) is -2.13. The predicted molar refractivity (Wildman–Crippen MR) is 136 cm³/mol. The highest BCUT2D eigenvalue weighted by molar-refractivity contribution is 7.89. The van der Waals surface area contributed by atoms with Crippen LogP contribution < -0.4 is 15.0 Å². The average molecular weight is 531 g/mol. The van der Waals surface area contributed by atoms with Crippen LogP contribution in [0.5, 0.6) is 5.75 Å². The molecule has 12 heteroatoms. The van der Waals surface area contributed by atoms with Crippen molar-refractivity contribution in [1.82, 2.24) is 4.31 Å². The van der Waals surface area contributed by atoms with Gasteiger partial charge in [0.25, 0.3) is 11.6 Å². The van der Waals surface area contributed by atoms with Gasteiger partial charge >= 0.3 is 0 Å². The van der Waals surface area contributed by atoms with E-state index in [4.69, 9.17) is 16.3 Å². The molecule has 0 saturated carbocycles. The van der Waals surface area contributed by atoms with Crippen LogP contribution in [0.25, 0.3) is 0 Å². The number of methoxy groups -OCH3 is 1. The molecule has 1 amide bonds. The number of sulfonamides is 1. The smallest absolute Gasteiger partial charge is 0.288 e. The molecule has 1 fully saturated rings. The lowest BCUT2D eigenvalue weighted by Crippen LogP contribution is -2.48. The Kier molecular flexibility index (Phi) is 7.43. The van der Waals surface area contributed by atoms with Crippen LogP contribution in [0, 0.1) is 10.1 Å². The minimum absolute atomic E-state index is 0.0516. The first-order valence-electron chi connectivity index (χ1n) is 10.9. The van der Waals surface area contributed by atoms with Crippen LogP contribution in [0.4, 0.5) is 17.1 Å². The number of benzene rings is 3. The number of hydrogen-bond acceptors (Lipinski definition) is 7. The molecule has 36 heavy (non-hydrogen) atoms. The molecule has 0 spiro atoms. The van der Waals surface area contributed by atoms with Crippen LogP contribution in [0.3, 0.4) is 0 Å². The van der Waals surface area contributed by atoms with E-state index in [0.29, 0.717) is 31.9 Å². The molecule has 10 nitrogen and oxygen atoms in total. The van der Waals surface area contributed by atoms with Gasteiger partial charge in [0.05, 0.1) is 22.6 Å². The van der Waals surface area contributed by atoms with Crippen molar-refractivity contribution in [3.63, 3.8) is 0 Å². The van der Waals surface area contributed by atoms with E-state index in [1.165, 1.54) is 40.7 Å². The Bertz CT molecular complexity index is 1390. The molecular weight excluding hydrogens is 508 g/mol. The summed E-state index contributed by atoms with van der Waals surface area (Å²) in [4.78, 5) is 25.1. The van der Waals surface area contributed by atoms with Crippen LogP contribution in [0.1, 0.15) is 10.4 Å². The first-order chi connectivity index (χ1) is 17.2. The Morgan fingerprint density at radius 2 is 1.69 bits per heavy atom. The van der Waals surface area contributed by atoms with Crippen LogP contribution in [-0.4, -0.2) is 56.8 Å². The summed E-state index contributed by atoms with van der Waals surface area (Å²) in [6.07, 6.45) is 0. The van der Waals surface area contributed by atoms with Crippen molar-refractivity contribution in [2.24, 2.45) is 0 Å². The van der Waals surface area contributed by atoms with Crippen LogP contribution in [-0.2, 0) is 10.0 Å². The first kappa shape index (κ1) is 25.4. The zero-order valence-corrected chi connectivity index (χ0v) is 20.8. The molecule has 4 rings (SSSR count). The van der Waals surface area contributed by atoms with Gasteiger partial charge in [-0.15, -0.1) is 0 Å². The normalized spacial score (nSPS) is 14.3. The van der Waals surface area contributed by atoms with E-state index >= 15 is 0 Å².